The van der Waals surface area contributed by atoms with Gasteiger partial charge in [0, 0.05) is 5.56 Å². The fraction of sp³-hybridized carbons (Fsp3) is 0.364. The van der Waals surface area contributed by atoms with Crippen LogP contribution in [0.1, 0.15) is 48.7 Å². The molecule has 0 aliphatic heterocycles. The highest BCUT2D eigenvalue weighted by molar-refractivity contribution is 6.00. The zero-order chi connectivity index (χ0) is 20.2. The van der Waals surface area contributed by atoms with Gasteiger partial charge in [-0.2, -0.15) is 0 Å². The number of ketones is 1. The summed E-state index contributed by atoms with van der Waals surface area (Å²) in [5.41, 5.74) is 7.92. The summed E-state index contributed by atoms with van der Waals surface area (Å²) in [5, 5.41) is 0. The second-order valence-corrected chi connectivity index (χ2v) is 7.59. The van der Waals surface area contributed by atoms with Gasteiger partial charge >= 0.3 is 0 Å². The second-order valence-electron chi connectivity index (χ2n) is 7.59. The number of ether oxygens (including phenoxy) is 2. The topological polar surface area (TPSA) is 78.6 Å². The number of carbonyl (C=O) groups excluding carboxylic acids is 2. The quantitative estimate of drug-likeness (QED) is 0.753. The van der Waals surface area contributed by atoms with Crippen LogP contribution in [0.4, 0.5) is 0 Å². The first-order valence-corrected chi connectivity index (χ1v) is 8.86. The zero-order valence-corrected chi connectivity index (χ0v) is 16.5. The molecule has 0 spiro atoms. The molecule has 2 aromatic rings. The number of amides is 1. The maximum Gasteiger partial charge on any atom is 0.258 e. The number of methoxy groups -OCH3 is 1. The Bertz CT molecular complexity index is 819. The number of hydrogen-bond acceptors (Lipinski definition) is 4. The molecule has 0 aliphatic rings. The SMILES string of the molecule is COc1ccc(C)c(C(=O)CC(Oc2ccc(C(C)(C)C)cc2)C(N)=O)c1. The molecule has 0 aliphatic carbocycles. The number of Topliss-reactive ketones (excluding diaryl/α,β-unsaturated/α-hetero) is 1. The molecule has 27 heavy (non-hydrogen) atoms. The van der Waals surface area contributed by atoms with Gasteiger partial charge in [0.25, 0.3) is 5.91 Å². The average Bonchev–Trinajstić information content (AvgIpc) is 2.61. The Hall–Kier alpha value is -2.82. The Morgan fingerprint density at radius 2 is 1.63 bits per heavy atom. The Labute approximate surface area is 160 Å². The van der Waals surface area contributed by atoms with Crippen LogP contribution in [0.25, 0.3) is 0 Å². The number of rotatable bonds is 7. The van der Waals surface area contributed by atoms with Crippen molar-refractivity contribution >= 4 is 11.7 Å². The summed E-state index contributed by atoms with van der Waals surface area (Å²) in [6.45, 7) is 8.18. The van der Waals surface area contributed by atoms with Gasteiger partial charge in [0.1, 0.15) is 11.5 Å². The first-order valence-electron chi connectivity index (χ1n) is 8.86. The van der Waals surface area contributed by atoms with Crippen LogP contribution in [0.2, 0.25) is 0 Å². The second kappa shape index (κ2) is 8.25. The lowest BCUT2D eigenvalue weighted by molar-refractivity contribution is -0.124. The van der Waals surface area contributed by atoms with E-state index in [1.807, 2.05) is 19.1 Å². The Kier molecular flexibility index (Phi) is 6.26. The fourth-order valence-corrected chi connectivity index (χ4v) is 2.70. The maximum atomic E-state index is 12.7. The molecule has 1 amide bonds. The summed E-state index contributed by atoms with van der Waals surface area (Å²) in [6.07, 6.45) is -1.17. The molecule has 5 heteroatoms. The molecule has 2 aromatic carbocycles. The van der Waals surface area contributed by atoms with Gasteiger partial charge in [0.05, 0.1) is 13.5 Å². The summed E-state index contributed by atoms with van der Waals surface area (Å²) in [4.78, 5) is 24.5. The van der Waals surface area contributed by atoms with Crippen molar-refractivity contribution in [2.24, 2.45) is 5.73 Å². The van der Waals surface area contributed by atoms with Gasteiger partial charge < -0.3 is 15.2 Å². The Morgan fingerprint density at radius 3 is 2.15 bits per heavy atom. The van der Waals surface area contributed by atoms with Gasteiger partial charge in [0.15, 0.2) is 11.9 Å². The predicted molar refractivity (Wildman–Crippen MR) is 105 cm³/mol. The van der Waals surface area contributed by atoms with E-state index in [1.165, 1.54) is 7.11 Å². The summed E-state index contributed by atoms with van der Waals surface area (Å²) in [6, 6.07) is 12.7. The smallest absolute Gasteiger partial charge is 0.258 e. The van der Waals surface area contributed by atoms with Crippen LogP contribution >= 0.6 is 0 Å². The number of benzene rings is 2. The monoisotopic (exact) mass is 369 g/mol. The number of hydrogen-bond donors (Lipinski definition) is 1. The van der Waals surface area contributed by atoms with Crippen LogP contribution in [-0.4, -0.2) is 24.9 Å². The summed E-state index contributed by atoms with van der Waals surface area (Å²) in [7, 11) is 1.54. The molecule has 0 fully saturated rings. The molecular weight excluding hydrogens is 342 g/mol. The van der Waals surface area contributed by atoms with E-state index in [9.17, 15) is 9.59 Å². The third kappa shape index (κ3) is 5.33. The number of carbonyl (C=O) groups is 2. The summed E-state index contributed by atoms with van der Waals surface area (Å²) < 4.78 is 10.9. The van der Waals surface area contributed by atoms with E-state index in [-0.39, 0.29) is 17.6 Å². The van der Waals surface area contributed by atoms with Crippen molar-refractivity contribution in [1.29, 1.82) is 0 Å². The van der Waals surface area contributed by atoms with Crippen molar-refractivity contribution in [1.82, 2.24) is 0 Å². The first kappa shape index (κ1) is 20.5. The van der Waals surface area contributed by atoms with Crippen LogP contribution in [-0.2, 0) is 10.2 Å². The van der Waals surface area contributed by atoms with E-state index in [0.717, 1.165) is 11.1 Å². The minimum Gasteiger partial charge on any atom is -0.497 e. The minimum atomic E-state index is -1.04. The normalized spacial score (nSPS) is 12.3. The highest BCUT2D eigenvalue weighted by atomic mass is 16.5. The third-order valence-corrected chi connectivity index (χ3v) is 4.43. The standard InChI is InChI=1S/C22H27NO4/c1-14-6-9-17(26-5)12-18(14)19(24)13-20(21(23)25)27-16-10-7-15(8-11-16)22(2,3)4/h6-12,20H,13H2,1-5H3,(H2,23,25). The molecule has 144 valence electrons. The van der Waals surface area contributed by atoms with Crippen molar-refractivity contribution in [3.8, 4) is 11.5 Å². The van der Waals surface area contributed by atoms with Crippen LogP contribution in [0.3, 0.4) is 0 Å². The van der Waals surface area contributed by atoms with Gasteiger partial charge in [0.2, 0.25) is 0 Å². The maximum absolute atomic E-state index is 12.7. The van der Waals surface area contributed by atoms with Gasteiger partial charge in [-0.15, -0.1) is 0 Å². The van der Waals surface area contributed by atoms with E-state index >= 15 is 0 Å². The van der Waals surface area contributed by atoms with Gasteiger partial charge in [-0.3, -0.25) is 9.59 Å². The van der Waals surface area contributed by atoms with E-state index in [4.69, 9.17) is 15.2 Å². The summed E-state index contributed by atoms with van der Waals surface area (Å²) in [5.74, 6) is 0.186. The van der Waals surface area contributed by atoms with Crippen molar-refractivity contribution in [2.45, 2.75) is 45.6 Å². The van der Waals surface area contributed by atoms with Gasteiger partial charge in [-0.05, 0) is 47.7 Å². The molecule has 0 radical (unpaired) electrons. The predicted octanol–water partition coefficient (Wildman–Crippen LogP) is 3.81. The Morgan fingerprint density at radius 1 is 1.04 bits per heavy atom. The molecule has 0 heterocycles. The Balaban J connectivity index is 2.16. The van der Waals surface area contributed by atoms with Crippen molar-refractivity contribution in [2.75, 3.05) is 7.11 Å². The number of aryl methyl sites for hydroxylation is 1. The van der Waals surface area contributed by atoms with Crippen molar-refractivity contribution < 1.29 is 19.1 Å². The summed E-state index contributed by atoms with van der Waals surface area (Å²) >= 11 is 0. The lowest BCUT2D eigenvalue weighted by Crippen LogP contribution is -2.35. The molecular formula is C22H27NO4. The molecule has 2 N–H and O–H groups in total. The lowest BCUT2D eigenvalue weighted by atomic mass is 9.87. The molecule has 1 unspecified atom stereocenters. The largest absolute Gasteiger partial charge is 0.497 e. The molecule has 0 aromatic heterocycles. The molecule has 2 rings (SSSR count). The van der Waals surface area contributed by atoms with Gasteiger partial charge in [-0.25, -0.2) is 0 Å². The number of nitrogens with two attached hydrogens (primary N) is 1. The first-order chi connectivity index (χ1) is 12.6. The lowest BCUT2D eigenvalue weighted by Gasteiger charge is -2.20. The zero-order valence-electron chi connectivity index (χ0n) is 16.5. The minimum absolute atomic E-state index is 0.0154. The highest BCUT2D eigenvalue weighted by Gasteiger charge is 2.24. The molecule has 0 saturated heterocycles. The van der Waals surface area contributed by atoms with Crippen LogP contribution in [0, 0.1) is 6.92 Å². The van der Waals surface area contributed by atoms with Crippen LogP contribution in [0.15, 0.2) is 42.5 Å². The van der Waals surface area contributed by atoms with Gasteiger partial charge in [-0.1, -0.05) is 39.0 Å². The van der Waals surface area contributed by atoms with Crippen molar-refractivity contribution in [3.63, 3.8) is 0 Å². The van der Waals surface area contributed by atoms with E-state index < -0.39 is 12.0 Å². The van der Waals surface area contributed by atoms with E-state index in [2.05, 4.69) is 20.8 Å². The fourth-order valence-electron chi connectivity index (χ4n) is 2.70. The van der Waals surface area contributed by atoms with Crippen LogP contribution in [0.5, 0.6) is 11.5 Å². The third-order valence-electron chi connectivity index (χ3n) is 4.43. The number of primary amides is 1. The highest BCUT2D eigenvalue weighted by Crippen LogP contribution is 2.25. The van der Waals surface area contributed by atoms with E-state index in [1.54, 1.807) is 30.3 Å². The van der Waals surface area contributed by atoms with Crippen LogP contribution < -0.4 is 15.2 Å². The molecule has 0 saturated carbocycles. The van der Waals surface area contributed by atoms with E-state index in [0.29, 0.717) is 17.1 Å². The molecule has 5 nitrogen and oxygen atoms in total. The van der Waals surface area contributed by atoms with Crippen molar-refractivity contribution in [3.05, 3.63) is 59.2 Å². The average molecular weight is 369 g/mol. The molecule has 1 atom stereocenters. The molecule has 0 bridgehead atoms.